The van der Waals surface area contributed by atoms with Gasteiger partial charge in [-0.25, -0.2) is 4.98 Å². The van der Waals surface area contributed by atoms with Crippen molar-refractivity contribution in [2.75, 3.05) is 12.4 Å². The van der Waals surface area contributed by atoms with Crippen LogP contribution in [0.25, 0.3) is 11.3 Å². The van der Waals surface area contributed by atoms with Crippen LogP contribution >= 0.6 is 23.4 Å². The summed E-state index contributed by atoms with van der Waals surface area (Å²) in [7, 11) is 1.55. The average Bonchev–Trinajstić information content (AvgIpc) is 2.88. The number of nitriles is 1. The molecule has 180 valence electrons. The Bertz CT molecular complexity index is 1500. The molecule has 0 saturated carbocycles. The first-order valence-electron chi connectivity index (χ1n) is 10.9. The maximum Gasteiger partial charge on any atom is 0.270 e. The summed E-state index contributed by atoms with van der Waals surface area (Å²) in [4.78, 5) is 32.2. The van der Waals surface area contributed by atoms with E-state index in [-0.39, 0.29) is 17.9 Å². The minimum atomic E-state index is -0.504. The summed E-state index contributed by atoms with van der Waals surface area (Å²) >= 11 is 7.22. The minimum absolute atomic E-state index is 0.0574. The molecule has 0 aliphatic carbocycles. The number of ether oxygens (including phenoxy) is 1. The Morgan fingerprint density at radius 1 is 1.11 bits per heavy atom. The molecule has 0 fully saturated rings. The summed E-state index contributed by atoms with van der Waals surface area (Å²) in [6.45, 7) is 0. The van der Waals surface area contributed by atoms with Gasteiger partial charge in [-0.3, -0.25) is 9.59 Å². The van der Waals surface area contributed by atoms with Crippen LogP contribution in [0.1, 0.15) is 16.7 Å². The number of rotatable bonds is 8. The molecule has 0 atom stereocenters. The van der Waals surface area contributed by atoms with Crippen LogP contribution < -0.4 is 15.6 Å². The van der Waals surface area contributed by atoms with Gasteiger partial charge in [0.15, 0.2) is 5.16 Å². The highest BCUT2D eigenvalue weighted by atomic mass is 35.5. The molecule has 1 amide bonds. The standard InChI is InChI=1S/C27H21ClN4O3S/c1-35-22-7-3-5-19(14-22)25-23(15-29)26(34)32-27(31-25)36-16-18-4-2-6-21(12-18)30-24(33)13-17-8-10-20(28)11-9-17/h2-12,14H,13,16H2,1H3,(H,30,33)(H,31,32,34). The highest BCUT2D eigenvalue weighted by Gasteiger charge is 2.14. The Balaban J connectivity index is 1.47. The molecule has 0 bridgehead atoms. The predicted molar refractivity (Wildman–Crippen MR) is 141 cm³/mol. The van der Waals surface area contributed by atoms with E-state index in [4.69, 9.17) is 16.3 Å². The van der Waals surface area contributed by atoms with E-state index >= 15 is 0 Å². The van der Waals surface area contributed by atoms with Gasteiger partial charge in [0, 0.05) is 22.0 Å². The first kappa shape index (κ1) is 25.0. The first-order valence-corrected chi connectivity index (χ1v) is 12.3. The van der Waals surface area contributed by atoms with E-state index < -0.39 is 5.56 Å². The summed E-state index contributed by atoms with van der Waals surface area (Å²) < 4.78 is 5.26. The molecule has 0 aliphatic heterocycles. The molecule has 0 spiro atoms. The van der Waals surface area contributed by atoms with E-state index in [0.29, 0.717) is 38.6 Å². The summed E-state index contributed by atoms with van der Waals surface area (Å²) in [6.07, 6.45) is 0.236. The highest BCUT2D eigenvalue weighted by molar-refractivity contribution is 7.98. The Morgan fingerprint density at radius 2 is 1.89 bits per heavy atom. The highest BCUT2D eigenvalue weighted by Crippen LogP contribution is 2.27. The van der Waals surface area contributed by atoms with Crippen LogP contribution in [0.5, 0.6) is 5.75 Å². The second-order valence-electron chi connectivity index (χ2n) is 7.78. The van der Waals surface area contributed by atoms with Crippen molar-refractivity contribution in [2.45, 2.75) is 17.3 Å². The number of aromatic amines is 1. The van der Waals surface area contributed by atoms with Crippen molar-refractivity contribution in [3.05, 3.63) is 105 Å². The second-order valence-corrected chi connectivity index (χ2v) is 9.18. The zero-order chi connectivity index (χ0) is 25.5. The van der Waals surface area contributed by atoms with Gasteiger partial charge >= 0.3 is 0 Å². The Labute approximate surface area is 217 Å². The minimum Gasteiger partial charge on any atom is -0.497 e. The number of hydrogen-bond acceptors (Lipinski definition) is 6. The number of methoxy groups -OCH3 is 1. The maximum atomic E-state index is 12.6. The zero-order valence-corrected chi connectivity index (χ0v) is 20.8. The van der Waals surface area contributed by atoms with Crippen molar-refractivity contribution in [3.63, 3.8) is 0 Å². The van der Waals surface area contributed by atoms with E-state index in [1.807, 2.05) is 42.5 Å². The van der Waals surface area contributed by atoms with Gasteiger partial charge < -0.3 is 15.0 Å². The number of halogens is 1. The van der Waals surface area contributed by atoms with E-state index in [1.54, 1.807) is 43.5 Å². The number of nitrogens with one attached hydrogen (secondary N) is 2. The molecule has 0 unspecified atom stereocenters. The normalized spacial score (nSPS) is 10.5. The molecule has 1 heterocycles. The smallest absolute Gasteiger partial charge is 0.270 e. The number of nitrogens with zero attached hydrogens (tertiary/aromatic N) is 2. The van der Waals surface area contributed by atoms with Gasteiger partial charge in [0.05, 0.1) is 19.2 Å². The molecule has 2 N–H and O–H groups in total. The lowest BCUT2D eigenvalue weighted by Gasteiger charge is -2.09. The topological polar surface area (TPSA) is 108 Å². The van der Waals surface area contributed by atoms with Crippen molar-refractivity contribution >= 4 is 35.0 Å². The van der Waals surface area contributed by atoms with E-state index in [2.05, 4.69) is 15.3 Å². The van der Waals surface area contributed by atoms with Crippen molar-refractivity contribution in [2.24, 2.45) is 0 Å². The van der Waals surface area contributed by atoms with Gasteiger partial charge in [0.1, 0.15) is 17.4 Å². The van der Waals surface area contributed by atoms with Crippen LogP contribution in [0.3, 0.4) is 0 Å². The van der Waals surface area contributed by atoms with Crippen LogP contribution in [0.4, 0.5) is 5.69 Å². The third kappa shape index (κ3) is 6.33. The number of H-pyrrole nitrogens is 1. The fourth-order valence-electron chi connectivity index (χ4n) is 3.49. The van der Waals surface area contributed by atoms with Crippen molar-refractivity contribution in [1.82, 2.24) is 9.97 Å². The molecule has 0 saturated heterocycles. The summed E-state index contributed by atoms with van der Waals surface area (Å²) in [5, 5.41) is 13.4. The number of benzene rings is 3. The van der Waals surface area contributed by atoms with Crippen LogP contribution in [-0.2, 0) is 17.0 Å². The number of hydrogen-bond donors (Lipinski definition) is 2. The number of amides is 1. The van der Waals surface area contributed by atoms with Gasteiger partial charge in [0.25, 0.3) is 5.56 Å². The van der Waals surface area contributed by atoms with E-state index in [1.165, 1.54) is 11.8 Å². The SMILES string of the molecule is COc1cccc(-c2nc(SCc3cccc(NC(=O)Cc4ccc(Cl)cc4)c3)[nH]c(=O)c2C#N)c1. The average molecular weight is 517 g/mol. The zero-order valence-electron chi connectivity index (χ0n) is 19.2. The number of aromatic nitrogens is 2. The molecule has 4 rings (SSSR count). The first-order chi connectivity index (χ1) is 17.4. The fraction of sp³-hybridized carbons (Fsp3) is 0.111. The molecule has 7 nitrogen and oxygen atoms in total. The van der Waals surface area contributed by atoms with Crippen LogP contribution in [0, 0.1) is 11.3 Å². The molecular formula is C27H21ClN4O3S. The number of carbonyl (C=O) groups is 1. The fourth-order valence-corrected chi connectivity index (χ4v) is 4.42. The van der Waals surface area contributed by atoms with E-state index in [9.17, 15) is 14.9 Å². The van der Waals surface area contributed by atoms with Crippen molar-refractivity contribution < 1.29 is 9.53 Å². The summed E-state index contributed by atoms with van der Waals surface area (Å²) in [5.41, 5.74) is 2.82. The number of carbonyl (C=O) groups excluding carboxylic acids is 1. The lowest BCUT2D eigenvalue weighted by molar-refractivity contribution is -0.115. The molecular weight excluding hydrogens is 496 g/mol. The largest absolute Gasteiger partial charge is 0.497 e. The lowest BCUT2D eigenvalue weighted by Crippen LogP contribution is -2.15. The molecule has 1 aromatic heterocycles. The van der Waals surface area contributed by atoms with Crippen molar-refractivity contribution in [1.29, 1.82) is 5.26 Å². The van der Waals surface area contributed by atoms with Gasteiger partial charge in [-0.15, -0.1) is 0 Å². The van der Waals surface area contributed by atoms with Crippen LogP contribution in [0.2, 0.25) is 5.02 Å². The Morgan fingerprint density at radius 3 is 2.64 bits per heavy atom. The molecule has 4 aromatic rings. The Kier molecular flexibility index (Phi) is 8.06. The third-order valence-electron chi connectivity index (χ3n) is 5.22. The summed E-state index contributed by atoms with van der Waals surface area (Å²) in [5.74, 6) is 0.957. The van der Waals surface area contributed by atoms with Gasteiger partial charge in [-0.1, -0.05) is 59.8 Å². The second kappa shape index (κ2) is 11.6. The number of thioether (sulfide) groups is 1. The van der Waals surface area contributed by atoms with Crippen molar-refractivity contribution in [3.8, 4) is 23.1 Å². The molecule has 0 radical (unpaired) electrons. The van der Waals surface area contributed by atoms with E-state index in [0.717, 1.165) is 11.1 Å². The van der Waals surface area contributed by atoms with Gasteiger partial charge in [-0.05, 0) is 47.5 Å². The molecule has 36 heavy (non-hydrogen) atoms. The maximum absolute atomic E-state index is 12.6. The van der Waals surface area contributed by atoms with Crippen LogP contribution in [-0.4, -0.2) is 23.0 Å². The van der Waals surface area contributed by atoms with Crippen LogP contribution in [0.15, 0.2) is 82.7 Å². The molecule has 0 aliphatic rings. The van der Waals surface area contributed by atoms with Gasteiger partial charge in [0.2, 0.25) is 5.91 Å². The molecule has 3 aromatic carbocycles. The van der Waals surface area contributed by atoms with Gasteiger partial charge in [-0.2, -0.15) is 5.26 Å². The lowest BCUT2D eigenvalue weighted by atomic mass is 10.1. The Hall–Kier alpha value is -4.06. The quantitative estimate of drug-likeness (QED) is 0.238. The monoisotopic (exact) mass is 516 g/mol. The number of anilines is 1. The predicted octanol–water partition coefficient (Wildman–Crippen LogP) is 5.44. The molecule has 9 heteroatoms. The summed E-state index contributed by atoms with van der Waals surface area (Å²) in [6, 6.07) is 23.6. The third-order valence-corrected chi connectivity index (χ3v) is 6.41.